The summed E-state index contributed by atoms with van der Waals surface area (Å²) in [6.45, 7) is 2.53. The molecule has 1 aliphatic heterocycles. The molecule has 2 atom stereocenters. The molecular weight excluding hydrogens is 276 g/mol. The molecule has 2 rings (SSSR count). The highest BCUT2D eigenvalue weighted by atomic mass is 16.5. The Morgan fingerprint density at radius 3 is 2.67 bits per heavy atom. The van der Waals surface area contributed by atoms with Crippen LogP contribution in [0.2, 0.25) is 0 Å². The molecule has 2 amide bonds. The monoisotopic (exact) mass is 294 g/mol. The number of carbonyl (C=O) groups excluding carboxylic acids is 1. The van der Waals surface area contributed by atoms with Gasteiger partial charge < -0.3 is 25.2 Å². The number of phenols is 1. The molecular formula is C14H18N2O5. The minimum atomic E-state index is -1.22. The van der Waals surface area contributed by atoms with Gasteiger partial charge in [0.25, 0.3) is 0 Å². The molecule has 0 aliphatic carbocycles. The highest BCUT2D eigenvalue weighted by molar-refractivity contribution is 5.94. The van der Waals surface area contributed by atoms with Crippen LogP contribution in [0, 0.1) is 0 Å². The van der Waals surface area contributed by atoms with Crippen molar-refractivity contribution in [3.8, 4) is 5.75 Å². The van der Waals surface area contributed by atoms with Gasteiger partial charge in [-0.1, -0.05) is 0 Å². The lowest BCUT2D eigenvalue weighted by Crippen LogP contribution is -2.43. The summed E-state index contributed by atoms with van der Waals surface area (Å²) in [6, 6.07) is 3.55. The topological polar surface area (TPSA) is 99.1 Å². The lowest BCUT2D eigenvalue weighted by molar-refractivity contribution is 0.0693. The van der Waals surface area contributed by atoms with Gasteiger partial charge in [0.2, 0.25) is 0 Å². The molecule has 114 valence electrons. The lowest BCUT2D eigenvalue weighted by Gasteiger charge is -2.26. The summed E-state index contributed by atoms with van der Waals surface area (Å²) < 4.78 is 5.42. The Labute approximate surface area is 122 Å². The van der Waals surface area contributed by atoms with Crippen molar-refractivity contribution in [3.63, 3.8) is 0 Å². The fraction of sp³-hybridized carbons (Fsp3) is 0.429. The van der Waals surface area contributed by atoms with Crippen molar-refractivity contribution in [2.24, 2.45) is 0 Å². The van der Waals surface area contributed by atoms with Crippen LogP contribution in [-0.2, 0) is 4.74 Å². The summed E-state index contributed by atoms with van der Waals surface area (Å²) in [4.78, 5) is 24.5. The summed E-state index contributed by atoms with van der Waals surface area (Å²) in [6.07, 6.45) is 0.748. The molecule has 2 unspecified atom stereocenters. The second-order valence-corrected chi connectivity index (χ2v) is 5.01. The molecule has 21 heavy (non-hydrogen) atoms. The third-order valence-corrected chi connectivity index (χ3v) is 3.63. The molecule has 0 spiro atoms. The first-order chi connectivity index (χ1) is 9.90. The van der Waals surface area contributed by atoms with Crippen molar-refractivity contribution in [1.29, 1.82) is 0 Å². The van der Waals surface area contributed by atoms with E-state index in [0.717, 1.165) is 6.42 Å². The quantitative estimate of drug-likeness (QED) is 0.788. The van der Waals surface area contributed by atoms with Crippen molar-refractivity contribution < 1.29 is 24.5 Å². The number of rotatable bonds is 3. The summed E-state index contributed by atoms with van der Waals surface area (Å²) in [5, 5.41) is 21.1. The van der Waals surface area contributed by atoms with Crippen LogP contribution in [-0.4, -0.2) is 52.9 Å². The fourth-order valence-corrected chi connectivity index (χ4v) is 2.38. The molecule has 7 nitrogen and oxygen atoms in total. The molecule has 1 aromatic rings. The summed E-state index contributed by atoms with van der Waals surface area (Å²) in [5.74, 6) is -1.61. The van der Waals surface area contributed by atoms with Crippen LogP contribution in [0.4, 0.5) is 10.5 Å². The van der Waals surface area contributed by atoms with E-state index in [1.807, 2.05) is 6.92 Å². The molecule has 0 aromatic heterocycles. The van der Waals surface area contributed by atoms with E-state index in [9.17, 15) is 14.7 Å². The number of aromatic hydroxyl groups is 1. The van der Waals surface area contributed by atoms with Gasteiger partial charge in [-0.2, -0.15) is 0 Å². The van der Waals surface area contributed by atoms with Gasteiger partial charge in [-0.3, -0.25) is 0 Å². The first-order valence-electron chi connectivity index (χ1n) is 6.62. The van der Waals surface area contributed by atoms with Gasteiger partial charge in [0, 0.05) is 25.4 Å². The van der Waals surface area contributed by atoms with E-state index in [1.165, 1.54) is 18.2 Å². The molecule has 1 fully saturated rings. The van der Waals surface area contributed by atoms with Crippen LogP contribution in [0.15, 0.2) is 18.2 Å². The summed E-state index contributed by atoms with van der Waals surface area (Å²) >= 11 is 0. The number of nitrogens with one attached hydrogen (secondary N) is 1. The van der Waals surface area contributed by atoms with Gasteiger partial charge in [-0.25, -0.2) is 9.59 Å². The molecule has 1 aromatic carbocycles. The van der Waals surface area contributed by atoms with Crippen LogP contribution in [0.1, 0.15) is 23.7 Å². The molecule has 7 heteroatoms. The Balaban J connectivity index is 2.05. The minimum absolute atomic E-state index is 0.00288. The maximum absolute atomic E-state index is 12.1. The van der Waals surface area contributed by atoms with Gasteiger partial charge in [-0.05, 0) is 25.5 Å². The maximum Gasteiger partial charge on any atom is 0.339 e. The fourth-order valence-electron chi connectivity index (χ4n) is 2.38. The van der Waals surface area contributed by atoms with Crippen molar-refractivity contribution >= 4 is 17.7 Å². The number of nitrogens with zero attached hydrogens (tertiary/aromatic N) is 1. The van der Waals surface area contributed by atoms with E-state index in [-0.39, 0.29) is 29.5 Å². The third-order valence-electron chi connectivity index (χ3n) is 3.63. The van der Waals surface area contributed by atoms with Crippen LogP contribution in [0.25, 0.3) is 0 Å². The zero-order chi connectivity index (χ0) is 15.6. The minimum Gasteiger partial charge on any atom is -0.507 e. The molecule has 1 aliphatic rings. The summed E-state index contributed by atoms with van der Waals surface area (Å²) in [5.41, 5.74) is 0.125. The Bertz CT molecular complexity index is 560. The van der Waals surface area contributed by atoms with E-state index in [2.05, 4.69) is 5.32 Å². The highest BCUT2D eigenvalue weighted by Crippen LogP contribution is 2.23. The number of hydrogen-bond donors (Lipinski definition) is 3. The summed E-state index contributed by atoms with van der Waals surface area (Å²) in [7, 11) is 1.68. The lowest BCUT2D eigenvalue weighted by atomic mass is 10.1. The van der Waals surface area contributed by atoms with Gasteiger partial charge >= 0.3 is 12.0 Å². The Morgan fingerprint density at radius 2 is 2.14 bits per heavy atom. The van der Waals surface area contributed by atoms with Crippen molar-refractivity contribution in [1.82, 2.24) is 4.90 Å². The number of amides is 2. The van der Waals surface area contributed by atoms with Gasteiger partial charge in [0.15, 0.2) is 0 Å². The van der Waals surface area contributed by atoms with Crippen molar-refractivity contribution in [2.45, 2.75) is 25.5 Å². The van der Waals surface area contributed by atoms with Crippen molar-refractivity contribution in [3.05, 3.63) is 23.8 Å². The standard InChI is InChI=1S/C14H18N2O5/c1-8-11(5-6-21-8)16(2)14(20)15-9-3-4-10(13(18)19)12(17)7-9/h3-4,7-8,11,17H,5-6H2,1-2H3,(H,15,20)(H,18,19). The Kier molecular flexibility index (Phi) is 4.32. The van der Waals surface area contributed by atoms with Gasteiger partial charge in [-0.15, -0.1) is 0 Å². The largest absolute Gasteiger partial charge is 0.507 e. The number of ether oxygens (including phenoxy) is 1. The molecule has 3 N–H and O–H groups in total. The number of anilines is 1. The normalized spacial score (nSPS) is 21.0. The van der Waals surface area contributed by atoms with E-state index < -0.39 is 5.97 Å². The maximum atomic E-state index is 12.1. The van der Waals surface area contributed by atoms with Crippen molar-refractivity contribution in [2.75, 3.05) is 19.0 Å². The van der Waals surface area contributed by atoms with Crippen LogP contribution in [0.5, 0.6) is 5.75 Å². The molecule has 0 radical (unpaired) electrons. The number of aromatic carboxylic acids is 1. The number of benzene rings is 1. The molecule has 1 heterocycles. The number of carbonyl (C=O) groups is 2. The average Bonchev–Trinajstić information content (AvgIpc) is 2.83. The van der Waals surface area contributed by atoms with E-state index in [4.69, 9.17) is 9.84 Å². The SMILES string of the molecule is CC1OCCC1N(C)C(=O)Nc1ccc(C(=O)O)c(O)c1. The predicted molar refractivity (Wildman–Crippen MR) is 75.7 cm³/mol. The Morgan fingerprint density at radius 1 is 1.43 bits per heavy atom. The second kappa shape index (κ2) is 6.01. The zero-order valence-electron chi connectivity index (χ0n) is 11.9. The van der Waals surface area contributed by atoms with Crippen LogP contribution < -0.4 is 5.32 Å². The molecule has 0 bridgehead atoms. The predicted octanol–water partition coefficient (Wildman–Crippen LogP) is 1.73. The first kappa shape index (κ1) is 15.1. The second-order valence-electron chi connectivity index (χ2n) is 5.01. The molecule has 0 saturated carbocycles. The number of carboxylic acid groups (broad SMARTS) is 1. The zero-order valence-corrected chi connectivity index (χ0v) is 11.9. The smallest absolute Gasteiger partial charge is 0.339 e. The number of likely N-dealkylation sites (N-methyl/N-ethyl adjacent to an activating group) is 1. The first-order valence-corrected chi connectivity index (χ1v) is 6.62. The third kappa shape index (κ3) is 3.25. The number of carboxylic acids is 1. The van der Waals surface area contributed by atoms with E-state index >= 15 is 0 Å². The number of urea groups is 1. The number of hydrogen-bond acceptors (Lipinski definition) is 4. The van der Waals surface area contributed by atoms with Gasteiger partial charge in [0.05, 0.1) is 12.1 Å². The van der Waals surface area contributed by atoms with E-state index in [1.54, 1.807) is 11.9 Å². The van der Waals surface area contributed by atoms with Crippen LogP contribution in [0.3, 0.4) is 0 Å². The average molecular weight is 294 g/mol. The molecule has 1 saturated heterocycles. The van der Waals surface area contributed by atoms with E-state index in [0.29, 0.717) is 12.3 Å². The van der Waals surface area contributed by atoms with Crippen LogP contribution >= 0.6 is 0 Å². The van der Waals surface area contributed by atoms with Gasteiger partial charge in [0.1, 0.15) is 11.3 Å². The highest BCUT2D eigenvalue weighted by Gasteiger charge is 2.30. The Hall–Kier alpha value is -2.28.